The molecule has 7 heteroatoms. The lowest BCUT2D eigenvalue weighted by Gasteiger charge is -2.32. The van der Waals surface area contributed by atoms with Crippen molar-refractivity contribution in [3.05, 3.63) is 28.6 Å². The molecule has 3 rings (SSSR count). The molecule has 1 aromatic carbocycles. The van der Waals surface area contributed by atoms with Gasteiger partial charge in [-0.05, 0) is 18.2 Å². The van der Waals surface area contributed by atoms with Crippen LogP contribution in [-0.2, 0) is 4.74 Å². The van der Waals surface area contributed by atoms with Crippen LogP contribution >= 0.6 is 0 Å². The van der Waals surface area contributed by atoms with Gasteiger partial charge in [-0.3, -0.25) is 9.78 Å². The number of benzene rings is 1. The maximum atomic E-state index is 12.1. The van der Waals surface area contributed by atoms with Gasteiger partial charge in [0, 0.05) is 18.8 Å². The quantitative estimate of drug-likeness (QED) is 0.651. The predicted octanol–water partition coefficient (Wildman–Crippen LogP) is -0.297. The normalized spacial score (nSPS) is 19.4. The molecule has 1 saturated heterocycles. The minimum absolute atomic E-state index is 0.0507. The van der Waals surface area contributed by atoms with Gasteiger partial charge >= 0.3 is 0 Å². The molecule has 0 bridgehead atoms. The average molecular weight is 276 g/mol. The summed E-state index contributed by atoms with van der Waals surface area (Å²) in [5.74, 6) is 0.494. The highest BCUT2D eigenvalue weighted by Crippen LogP contribution is 2.16. The van der Waals surface area contributed by atoms with Gasteiger partial charge in [-0.15, -0.1) is 0 Å². The number of aromatic amines is 1. The summed E-state index contributed by atoms with van der Waals surface area (Å²) in [5.41, 5.74) is 6.59. The Morgan fingerprint density at radius 2 is 2.40 bits per heavy atom. The maximum absolute atomic E-state index is 12.1. The third kappa shape index (κ3) is 2.33. The number of hydrogen-bond donors (Lipinski definition) is 3. The van der Waals surface area contributed by atoms with Gasteiger partial charge in [-0.1, -0.05) is 0 Å². The third-order valence-corrected chi connectivity index (χ3v) is 3.36. The van der Waals surface area contributed by atoms with E-state index < -0.39 is 0 Å². The topological polar surface area (TPSA) is 104 Å². The Bertz CT molecular complexity index is 685. The SMILES string of the molecule is Nc1ccc2nc(N3CCOC(CO)C3)[nH]c(=O)c2c1. The van der Waals surface area contributed by atoms with Crippen LogP contribution in [0.3, 0.4) is 0 Å². The van der Waals surface area contributed by atoms with Crippen molar-refractivity contribution < 1.29 is 9.84 Å². The second-order valence-corrected chi connectivity index (χ2v) is 4.79. The van der Waals surface area contributed by atoms with Crippen LogP contribution < -0.4 is 16.2 Å². The molecule has 0 radical (unpaired) electrons. The molecule has 0 spiro atoms. The Balaban J connectivity index is 2.00. The first-order valence-electron chi connectivity index (χ1n) is 6.44. The Kier molecular flexibility index (Phi) is 3.29. The average Bonchev–Trinajstić information content (AvgIpc) is 2.48. The van der Waals surface area contributed by atoms with Crippen LogP contribution in [0.1, 0.15) is 0 Å². The number of anilines is 2. The van der Waals surface area contributed by atoms with E-state index in [2.05, 4.69) is 9.97 Å². The van der Waals surface area contributed by atoms with E-state index in [9.17, 15) is 4.79 Å². The molecule has 0 saturated carbocycles. The molecule has 0 amide bonds. The minimum Gasteiger partial charge on any atom is -0.399 e. The van der Waals surface area contributed by atoms with Gasteiger partial charge in [0.1, 0.15) is 0 Å². The first-order chi connectivity index (χ1) is 9.67. The van der Waals surface area contributed by atoms with E-state index in [0.29, 0.717) is 42.2 Å². The minimum atomic E-state index is -0.254. The Hall–Kier alpha value is -2.12. The summed E-state index contributed by atoms with van der Waals surface area (Å²) in [6.45, 7) is 1.57. The molecule has 2 heterocycles. The lowest BCUT2D eigenvalue weighted by molar-refractivity contribution is 0.00315. The number of nitrogen functional groups attached to an aromatic ring is 1. The summed E-state index contributed by atoms with van der Waals surface area (Å²) in [4.78, 5) is 21.2. The van der Waals surface area contributed by atoms with Gasteiger partial charge in [0.05, 0.1) is 30.2 Å². The van der Waals surface area contributed by atoms with Crippen molar-refractivity contribution in [3.8, 4) is 0 Å². The van der Waals surface area contributed by atoms with E-state index in [1.165, 1.54) is 0 Å². The standard InChI is InChI=1S/C13H16N4O3/c14-8-1-2-11-10(5-8)12(19)16-13(15-11)17-3-4-20-9(6-17)7-18/h1-2,5,9,18H,3-4,6-7,14H2,(H,15,16,19). The van der Waals surface area contributed by atoms with Crippen LogP contribution in [0.5, 0.6) is 0 Å². The molecule has 1 aromatic heterocycles. The third-order valence-electron chi connectivity index (χ3n) is 3.36. The molecular weight excluding hydrogens is 260 g/mol. The van der Waals surface area contributed by atoms with E-state index in [0.717, 1.165) is 0 Å². The lowest BCUT2D eigenvalue weighted by Crippen LogP contribution is -2.45. The number of rotatable bonds is 2. The number of fused-ring (bicyclic) bond motifs is 1. The van der Waals surface area contributed by atoms with Crippen molar-refractivity contribution >= 4 is 22.5 Å². The molecule has 0 aliphatic carbocycles. The van der Waals surface area contributed by atoms with Gasteiger partial charge in [0.15, 0.2) is 0 Å². The van der Waals surface area contributed by atoms with Crippen LogP contribution in [0, 0.1) is 0 Å². The van der Waals surface area contributed by atoms with Crippen LogP contribution in [0.15, 0.2) is 23.0 Å². The van der Waals surface area contributed by atoms with Gasteiger partial charge < -0.3 is 20.5 Å². The highest BCUT2D eigenvalue weighted by Gasteiger charge is 2.21. The van der Waals surface area contributed by atoms with Crippen molar-refractivity contribution in [2.45, 2.75) is 6.10 Å². The molecule has 1 aliphatic heterocycles. The molecule has 20 heavy (non-hydrogen) atoms. The lowest BCUT2D eigenvalue weighted by atomic mass is 10.2. The van der Waals surface area contributed by atoms with Crippen molar-refractivity contribution in [3.63, 3.8) is 0 Å². The first-order valence-corrected chi connectivity index (χ1v) is 6.44. The fourth-order valence-corrected chi connectivity index (χ4v) is 2.32. The molecule has 2 aromatic rings. The Morgan fingerprint density at radius 3 is 3.20 bits per heavy atom. The number of nitrogens with zero attached hydrogens (tertiary/aromatic N) is 2. The maximum Gasteiger partial charge on any atom is 0.260 e. The molecule has 7 nitrogen and oxygen atoms in total. The van der Waals surface area contributed by atoms with E-state index in [4.69, 9.17) is 15.6 Å². The predicted molar refractivity (Wildman–Crippen MR) is 75.8 cm³/mol. The number of hydrogen-bond acceptors (Lipinski definition) is 6. The van der Waals surface area contributed by atoms with E-state index in [1.807, 2.05) is 4.90 Å². The first kappa shape index (κ1) is 12.9. The Morgan fingerprint density at radius 1 is 1.55 bits per heavy atom. The van der Waals surface area contributed by atoms with Gasteiger partial charge in [0.25, 0.3) is 5.56 Å². The van der Waals surface area contributed by atoms with Crippen LogP contribution in [-0.4, -0.2) is 47.5 Å². The van der Waals surface area contributed by atoms with Crippen LogP contribution in [0.2, 0.25) is 0 Å². The van der Waals surface area contributed by atoms with Crippen molar-refractivity contribution in [2.24, 2.45) is 0 Å². The molecule has 4 N–H and O–H groups in total. The number of aromatic nitrogens is 2. The summed E-state index contributed by atoms with van der Waals surface area (Å²) in [5, 5.41) is 9.63. The number of morpholine rings is 1. The van der Waals surface area contributed by atoms with Crippen LogP contribution in [0.25, 0.3) is 10.9 Å². The summed E-state index contributed by atoms with van der Waals surface area (Å²) in [7, 11) is 0. The van der Waals surface area contributed by atoms with Crippen molar-refractivity contribution in [2.75, 3.05) is 36.9 Å². The highest BCUT2D eigenvalue weighted by atomic mass is 16.5. The molecule has 1 unspecified atom stereocenters. The second kappa shape index (κ2) is 5.10. The fourth-order valence-electron chi connectivity index (χ4n) is 2.32. The fraction of sp³-hybridized carbons (Fsp3) is 0.385. The zero-order chi connectivity index (χ0) is 14.1. The van der Waals surface area contributed by atoms with Gasteiger partial charge in [-0.2, -0.15) is 0 Å². The Labute approximate surface area is 115 Å². The van der Waals surface area contributed by atoms with Crippen molar-refractivity contribution in [1.29, 1.82) is 0 Å². The van der Waals surface area contributed by atoms with Crippen molar-refractivity contribution in [1.82, 2.24) is 9.97 Å². The summed E-state index contributed by atoms with van der Waals surface area (Å²) < 4.78 is 5.38. The largest absolute Gasteiger partial charge is 0.399 e. The van der Waals surface area contributed by atoms with Crippen LogP contribution in [0.4, 0.5) is 11.6 Å². The monoisotopic (exact) mass is 276 g/mol. The zero-order valence-corrected chi connectivity index (χ0v) is 10.9. The summed E-state index contributed by atoms with van der Waals surface area (Å²) >= 11 is 0. The number of aliphatic hydroxyl groups excluding tert-OH is 1. The number of H-pyrrole nitrogens is 1. The van der Waals surface area contributed by atoms with E-state index in [1.54, 1.807) is 18.2 Å². The van der Waals surface area contributed by atoms with Gasteiger partial charge in [-0.25, -0.2) is 4.98 Å². The summed E-state index contributed by atoms with van der Waals surface area (Å²) in [6, 6.07) is 5.06. The number of aliphatic hydroxyl groups is 1. The molecule has 1 aliphatic rings. The zero-order valence-electron chi connectivity index (χ0n) is 10.9. The molecular formula is C13H16N4O3. The smallest absolute Gasteiger partial charge is 0.260 e. The molecule has 1 fully saturated rings. The number of ether oxygens (including phenoxy) is 1. The second-order valence-electron chi connectivity index (χ2n) is 4.79. The number of nitrogens with one attached hydrogen (secondary N) is 1. The summed E-state index contributed by atoms with van der Waals surface area (Å²) in [6.07, 6.45) is -0.254. The highest BCUT2D eigenvalue weighted by molar-refractivity contribution is 5.81. The van der Waals surface area contributed by atoms with E-state index in [-0.39, 0.29) is 18.3 Å². The molecule has 1 atom stereocenters. The number of nitrogens with two attached hydrogens (primary N) is 1. The molecule has 106 valence electrons. The van der Waals surface area contributed by atoms with Gasteiger partial charge in [0.2, 0.25) is 5.95 Å². The van der Waals surface area contributed by atoms with E-state index >= 15 is 0 Å².